The maximum Gasteiger partial charge on any atom is 0.323 e. The standard InChI is InChI=1S/C14H12ClIN2O/c1-9-6-7-10(15)8-13(9)18-14(19)17-12-5-3-2-4-11(12)16/h2-8H,1H3,(H2,17,18,19). The molecule has 5 heteroatoms. The van der Waals surface area contributed by atoms with Crippen LogP contribution in [0, 0.1) is 10.5 Å². The summed E-state index contributed by atoms with van der Waals surface area (Å²) in [7, 11) is 0. The van der Waals surface area contributed by atoms with E-state index in [0.717, 1.165) is 14.8 Å². The zero-order valence-corrected chi connectivity index (χ0v) is 13.1. The normalized spacial score (nSPS) is 10.1. The van der Waals surface area contributed by atoms with E-state index < -0.39 is 0 Å². The van der Waals surface area contributed by atoms with Crippen molar-refractivity contribution in [1.82, 2.24) is 0 Å². The van der Waals surface area contributed by atoms with Crippen molar-refractivity contribution < 1.29 is 4.79 Å². The van der Waals surface area contributed by atoms with Crippen molar-refractivity contribution in [1.29, 1.82) is 0 Å². The highest BCUT2D eigenvalue weighted by Crippen LogP contribution is 2.21. The minimum atomic E-state index is -0.283. The van der Waals surface area contributed by atoms with E-state index in [9.17, 15) is 4.79 Å². The molecular weight excluding hydrogens is 375 g/mol. The highest BCUT2D eigenvalue weighted by Gasteiger charge is 2.07. The van der Waals surface area contributed by atoms with E-state index in [2.05, 4.69) is 33.2 Å². The number of para-hydroxylation sites is 1. The molecule has 0 bridgehead atoms. The molecule has 2 aromatic rings. The maximum atomic E-state index is 11.9. The Balaban J connectivity index is 2.10. The monoisotopic (exact) mass is 386 g/mol. The predicted molar refractivity (Wildman–Crippen MR) is 88.0 cm³/mol. The first-order chi connectivity index (χ1) is 9.06. The van der Waals surface area contributed by atoms with Crippen LogP contribution in [-0.4, -0.2) is 6.03 Å². The van der Waals surface area contributed by atoms with Gasteiger partial charge in [0, 0.05) is 14.3 Å². The Kier molecular flexibility index (Phi) is 4.66. The third kappa shape index (κ3) is 3.84. The van der Waals surface area contributed by atoms with E-state index in [1.54, 1.807) is 12.1 Å². The molecule has 0 aliphatic carbocycles. The van der Waals surface area contributed by atoms with Crippen LogP contribution < -0.4 is 10.6 Å². The summed E-state index contributed by atoms with van der Waals surface area (Å²) in [5, 5.41) is 6.19. The molecular formula is C14H12ClIN2O. The summed E-state index contributed by atoms with van der Waals surface area (Å²) in [5.41, 5.74) is 2.44. The number of rotatable bonds is 2. The summed E-state index contributed by atoms with van der Waals surface area (Å²) in [6.07, 6.45) is 0. The second-order valence-corrected chi connectivity index (χ2v) is 5.62. The lowest BCUT2D eigenvalue weighted by atomic mass is 10.2. The Labute approximate surface area is 130 Å². The quantitative estimate of drug-likeness (QED) is 0.708. The van der Waals surface area contributed by atoms with Gasteiger partial charge < -0.3 is 10.6 Å². The Bertz CT molecular complexity index is 616. The number of carbonyl (C=O) groups excluding carboxylic acids is 1. The summed E-state index contributed by atoms with van der Waals surface area (Å²) in [6, 6.07) is 12.7. The lowest BCUT2D eigenvalue weighted by Crippen LogP contribution is -2.20. The first-order valence-electron chi connectivity index (χ1n) is 5.65. The van der Waals surface area contributed by atoms with Crippen LogP contribution in [0.25, 0.3) is 0 Å². The van der Waals surface area contributed by atoms with Gasteiger partial charge in [0.1, 0.15) is 0 Å². The van der Waals surface area contributed by atoms with Gasteiger partial charge in [0.15, 0.2) is 0 Å². The van der Waals surface area contributed by atoms with Gasteiger partial charge in [-0.1, -0.05) is 29.8 Å². The van der Waals surface area contributed by atoms with E-state index >= 15 is 0 Å². The average Bonchev–Trinajstić information content (AvgIpc) is 2.37. The Morgan fingerprint density at radius 3 is 2.53 bits per heavy atom. The molecule has 0 radical (unpaired) electrons. The smallest absolute Gasteiger partial charge is 0.307 e. The predicted octanol–water partition coefficient (Wildman–Crippen LogP) is 4.90. The number of nitrogens with one attached hydrogen (secondary N) is 2. The van der Waals surface area contributed by atoms with Gasteiger partial charge in [-0.05, 0) is 59.3 Å². The van der Waals surface area contributed by atoms with Crippen LogP contribution in [0.4, 0.5) is 16.2 Å². The fourth-order valence-electron chi connectivity index (χ4n) is 1.57. The van der Waals surface area contributed by atoms with Crippen molar-refractivity contribution in [2.24, 2.45) is 0 Å². The fraction of sp³-hybridized carbons (Fsp3) is 0.0714. The highest BCUT2D eigenvalue weighted by molar-refractivity contribution is 14.1. The van der Waals surface area contributed by atoms with Crippen molar-refractivity contribution in [3.05, 3.63) is 56.6 Å². The number of benzene rings is 2. The first kappa shape index (κ1) is 14.1. The van der Waals surface area contributed by atoms with Crippen LogP contribution in [0.5, 0.6) is 0 Å². The van der Waals surface area contributed by atoms with Gasteiger partial charge >= 0.3 is 6.03 Å². The molecule has 2 N–H and O–H groups in total. The van der Waals surface area contributed by atoms with Crippen LogP contribution in [0.2, 0.25) is 5.02 Å². The number of aryl methyl sites for hydroxylation is 1. The molecule has 0 unspecified atom stereocenters. The van der Waals surface area contributed by atoms with Gasteiger partial charge in [0.05, 0.1) is 5.69 Å². The van der Waals surface area contributed by atoms with Gasteiger partial charge in [0.25, 0.3) is 0 Å². The molecule has 0 aliphatic heterocycles. The van der Waals surface area contributed by atoms with E-state index in [4.69, 9.17) is 11.6 Å². The van der Waals surface area contributed by atoms with Crippen LogP contribution in [0.1, 0.15) is 5.56 Å². The molecule has 19 heavy (non-hydrogen) atoms. The highest BCUT2D eigenvalue weighted by atomic mass is 127. The van der Waals surface area contributed by atoms with Crippen molar-refractivity contribution in [2.45, 2.75) is 6.92 Å². The minimum Gasteiger partial charge on any atom is -0.307 e. The molecule has 0 saturated carbocycles. The van der Waals surface area contributed by atoms with Gasteiger partial charge in [-0.2, -0.15) is 0 Å². The van der Waals surface area contributed by atoms with E-state index in [1.165, 1.54) is 0 Å². The molecule has 98 valence electrons. The summed E-state index contributed by atoms with van der Waals surface area (Å²) in [5.74, 6) is 0. The van der Waals surface area contributed by atoms with Gasteiger partial charge in [-0.3, -0.25) is 0 Å². The number of anilines is 2. The van der Waals surface area contributed by atoms with Crippen molar-refractivity contribution in [2.75, 3.05) is 10.6 Å². The van der Waals surface area contributed by atoms with Crippen LogP contribution in [-0.2, 0) is 0 Å². The third-order valence-electron chi connectivity index (χ3n) is 2.57. The third-order valence-corrected chi connectivity index (χ3v) is 3.75. The molecule has 2 rings (SSSR count). The van der Waals surface area contributed by atoms with Crippen LogP contribution in [0.3, 0.4) is 0 Å². The topological polar surface area (TPSA) is 41.1 Å². The van der Waals surface area contributed by atoms with Crippen molar-refractivity contribution in [3.8, 4) is 0 Å². The van der Waals surface area contributed by atoms with Crippen LogP contribution in [0.15, 0.2) is 42.5 Å². The fourth-order valence-corrected chi connectivity index (χ4v) is 2.26. The zero-order chi connectivity index (χ0) is 13.8. The van der Waals surface area contributed by atoms with Crippen molar-refractivity contribution >= 4 is 51.6 Å². The second kappa shape index (κ2) is 6.25. The lowest BCUT2D eigenvalue weighted by Gasteiger charge is -2.11. The molecule has 0 spiro atoms. The summed E-state index contributed by atoms with van der Waals surface area (Å²) < 4.78 is 0.984. The number of amides is 2. The number of hydrogen-bond donors (Lipinski definition) is 2. The lowest BCUT2D eigenvalue weighted by molar-refractivity contribution is 0.262. The van der Waals surface area contributed by atoms with Gasteiger partial charge in [0.2, 0.25) is 0 Å². The van der Waals surface area contributed by atoms with E-state index in [-0.39, 0.29) is 6.03 Å². The van der Waals surface area contributed by atoms with Gasteiger partial charge in [-0.15, -0.1) is 0 Å². The molecule has 3 nitrogen and oxygen atoms in total. The largest absolute Gasteiger partial charge is 0.323 e. The molecule has 2 aromatic carbocycles. The molecule has 0 aliphatic rings. The molecule has 0 saturated heterocycles. The van der Waals surface area contributed by atoms with Crippen LogP contribution >= 0.6 is 34.2 Å². The number of carbonyl (C=O) groups is 1. The Hall–Kier alpha value is -1.27. The summed E-state index contributed by atoms with van der Waals surface area (Å²) >= 11 is 8.09. The summed E-state index contributed by atoms with van der Waals surface area (Å²) in [6.45, 7) is 1.91. The van der Waals surface area contributed by atoms with E-state index in [1.807, 2.05) is 37.3 Å². The minimum absolute atomic E-state index is 0.283. The first-order valence-corrected chi connectivity index (χ1v) is 7.10. The van der Waals surface area contributed by atoms with Gasteiger partial charge in [-0.25, -0.2) is 4.79 Å². The molecule has 0 aromatic heterocycles. The summed E-state index contributed by atoms with van der Waals surface area (Å²) in [4.78, 5) is 11.9. The Morgan fingerprint density at radius 2 is 1.79 bits per heavy atom. The molecule has 0 fully saturated rings. The number of hydrogen-bond acceptors (Lipinski definition) is 1. The number of halogens is 2. The molecule has 0 atom stereocenters. The maximum absolute atomic E-state index is 11.9. The van der Waals surface area contributed by atoms with Crippen molar-refractivity contribution in [3.63, 3.8) is 0 Å². The zero-order valence-electron chi connectivity index (χ0n) is 10.2. The van der Waals surface area contributed by atoms with E-state index in [0.29, 0.717) is 10.7 Å². The SMILES string of the molecule is Cc1ccc(Cl)cc1NC(=O)Nc1ccccc1I. The average molecular weight is 387 g/mol. The Morgan fingerprint density at radius 1 is 1.11 bits per heavy atom. The molecule has 2 amide bonds. The second-order valence-electron chi connectivity index (χ2n) is 4.02. The molecule has 0 heterocycles. The number of urea groups is 1.